The number of nitrogens with one attached hydrogen (secondary N) is 1. The molecule has 0 aromatic rings. The number of amides is 1. The fourth-order valence-corrected chi connectivity index (χ4v) is 3.33. The van der Waals surface area contributed by atoms with E-state index in [9.17, 15) is 9.82 Å². The number of hydrogen-bond donors (Lipinski definition) is 2. The Balaban J connectivity index is 1.80. The molecule has 6 nitrogen and oxygen atoms in total. The lowest BCUT2D eigenvalue weighted by Crippen LogP contribution is -2.55. The Morgan fingerprint density at radius 1 is 1.38 bits per heavy atom. The first kappa shape index (κ1) is 16.7. The van der Waals surface area contributed by atoms with Crippen LogP contribution in [0.3, 0.4) is 0 Å². The monoisotopic (exact) mass is 297 g/mol. The molecular weight excluding hydrogens is 269 g/mol. The predicted octanol–water partition coefficient (Wildman–Crippen LogP) is -0.354. The van der Waals surface area contributed by atoms with Gasteiger partial charge in [-0.3, -0.25) is 4.79 Å². The molecule has 0 aromatic heterocycles. The number of methoxy groups -OCH3 is 1. The average Bonchev–Trinajstić information content (AvgIpc) is 2.48. The number of carbonyl (C=O) groups is 1. The maximum atomic E-state index is 12.5. The smallest absolute Gasteiger partial charge is 0.376 e. The van der Waals surface area contributed by atoms with E-state index >= 15 is 0 Å². The van der Waals surface area contributed by atoms with E-state index in [-0.39, 0.29) is 19.0 Å². The van der Waals surface area contributed by atoms with Crippen LogP contribution in [0.15, 0.2) is 0 Å². The molecule has 21 heavy (non-hydrogen) atoms. The van der Waals surface area contributed by atoms with Gasteiger partial charge in [-0.15, -0.1) is 0 Å². The summed E-state index contributed by atoms with van der Waals surface area (Å²) in [5.41, 5.74) is 0. The third kappa shape index (κ3) is 4.67. The second-order valence-corrected chi connectivity index (χ2v) is 6.22. The lowest BCUT2D eigenvalue weighted by atomic mass is 9.80. The van der Waals surface area contributed by atoms with E-state index in [2.05, 4.69) is 10.1 Å². The Kier molecular flexibility index (Phi) is 6.48. The van der Waals surface area contributed by atoms with Crippen molar-refractivity contribution in [3.63, 3.8) is 0 Å². The second kappa shape index (κ2) is 8.12. The minimum atomic E-state index is -0.374. The summed E-state index contributed by atoms with van der Waals surface area (Å²) in [7, 11) is 1.31. The molecule has 2 heterocycles. The molecule has 2 rings (SSSR count). The van der Waals surface area contributed by atoms with Crippen molar-refractivity contribution >= 4 is 13.0 Å². The second-order valence-electron chi connectivity index (χ2n) is 6.22. The summed E-state index contributed by atoms with van der Waals surface area (Å²) in [5, 5.41) is 12.9. The summed E-state index contributed by atoms with van der Waals surface area (Å²) >= 11 is 0. The Morgan fingerprint density at radius 3 is 2.71 bits per heavy atom. The van der Waals surface area contributed by atoms with E-state index in [4.69, 9.17) is 4.74 Å². The lowest BCUT2D eigenvalue weighted by molar-refractivity contribution is -0.136. The fourth-order valence-electron chi connectivity index (χ4n) is 3.33. The molecule has 0 bridgehead atoms. The zero-order valence-corrected chi connectivity index (χ0v) is 13.3. The molecular formula is C14H28BN3O3. The molecule has 0 radical (unpaired) electrons. The maximum absolute atomic E-state index is 12.5. The Bertz CT molecular complexity index is 333. The van der Waals surface area contributed by atoms with Gasteiger partial charge in [0, 0.05) is 33.2 Å². The molecule has 1 amide bonds. The molecule has 1 atom stereocenters. The van der Waals surface area contributed by atoms with Crippen LogP contribution in [-0.2, 0) is 9.53 Å². The van der Waals surface area contributed by atoms with Crippen LogP contribution in [0.2, 0.25) is 6.82 Å². The molecule has 2 fully saturated rings. The molecule has 120 valence electrons. The normalized spacial score (nSPS) is 25.1. The highest BCUT2D eigenvalue weighted by molar-refractivity contribution is 6.45. The van der Waals surface area contributed by atoms with Crippen molar-refractivity contribution in [3.8, 4) is 0 Å². The van der Waals surface area contributed by atoms with Gasteiger partial charge in [0.1, 0.15) is 0 Å². The Morgan fingerprint density at radius 2 is 2.10 bits per heavy atom. The predicted molar refractivity (Wildman–Crippen MR) is 83.0 cm³/mol. The van der Waals surface area contributed by atoms with Crippen molar-refractivity contribution in [2.24, 2.45) is 5.92 Å². The van der Waals surface area contributed by atoms with Gasteiger partial charge in [-0.2, -0.15) is 0 Å². The van der Waals surface area contributed by atoms with Gasteiger partial charge in [0.15, 0.2) is 0 Å². The number of hydrogen-bond acceptors (Lipinski definition) is 5. The molecule has 0 spiro atoms. The molecule has 0 aromatic carbocycles. The van der Waals surface area contributed by atoms with Crippen LogP contribution >= 0.6 is 0 Å². The minimum Gasteiger partial charge on any atom is -0.437 e. The van der Waals surface area contributed by atoms with Crippen molar-refractivity contribution < 1.29 is 14.6 Å². The van der Waals surface area contributed by atoms with Gasteiger partial charge < -0.3 is 24.8 Å². The highest BCUT2D eigenvalue weighted by atomic mass is 16.5. The number of piperazine rings is 1. The summed E-state index contributed by atoms with van der Waals surface area (Å²) in [6, 6.07) is 0.161. The first-order valence-electron chi connectivity index (χ1n) is 8.03. The third-order valence-corrected chi connectivity index (χ3v) is 4.67. The molecule has 0 aliphatic carbocycles. The quantitative estimate of drug-likeness (QED) is 0.679. The number of piperidine rings is 1. The van der Waals surface area contributed by atoms with E-state index in [1.54, 1.807) is 7.11 Å². The maximum Gasteiger partial charge on any atom is 0.376 e. The Hall–Kier alpha value is -0.625. The highest BCUT2D eigenvalue weighted by Gasteiger charge is 2.30. The summed E-state index contributed by atoms with van der Waals surface area (Å²) in [4.78, 5) is 16.6. The van der Waals surface area contributed by atoms with Gasteiger partial charge in [-0.05, 0) is 38.7 Å². The summed E-state index contributed by atoms with van der Waals surface area (Å²) < 4.78 is 5.22. The number of carbonyl (C=O) groups excluding carboxylic acids is 1. The molecule has 2 N–H and O–H groups in total. The Labute approximate surface area is 127 Å². The molecule has 0 saturated carbocycles. The van der Waals surface area contributed by atoms with Crippen molar-refractivity contribution in [1.82, 2.24) is 15.0 Å². The van der Waals surface area contributed by atoms with Crippen molar-refractivity contribution in [2.45, 2.75) is 32.1 Å². The van der Waals surface area contributed by atoms with E-state index in [1.807, 2.05) is 11.7 Å². The highest BCUT2D eigenvalue weighted by Crippen LogP contribution is 2.22. The zero-order valence-electron chi connectivity index (χ0n) is 13.3. The van der Waals surface area contributed by atoms with Crippen molar-refractivity contribution in [1.29, 1.82) is 0 Å². The van der Waals surface area contributed by atoms with Gasteiger partial charge >= 0.3 is 7.05 Å². The van der Waals surface area contributed by atoms with Crippen LogP contribution < -0.4 is 5.32 Å². The first-order chi connectivity index (χ1) is 10.1. The van der Waals surface area contributed by atoms with Crippen molar-refractivity contribution in [3.05, 3.63) is 0 Å². The average molecular weight is 297 g/mol. The number of nitrogens with zero attached hydrogens (tertiary/aromatic N) is 2. The van der Waals surface area contributed by atoms with E-state index in [0.717, 1.165) is 45.6 Å². The number of rotatable bonds is 5. The zero-order chi connectivity index (χ0) is 15.2. The van der Waals surface area contributed by atoms with Gasteiger partial charge in [0.05, 0.1) is 12.6 Å². The molecule has 7 heteroatoms. The van der Waals surface area contributed by atoms with E-state index in [0.29, 0.717) is 18.9 Å². The first-order valence-corrected chi connectivity index (χ1v) is 8.03. The van der Waals surface area contributed by atoms with Gasteiger partial charge in [0.2, 0.25) is 5.91 Å². The van der Waals surface area contributed by atoms with Gasteiger partial charge in [-0.1, -0.05) is 0 Å². The molecule has 2 aliphatic heterocycles. The lowest BCUT2D eigenvalue weighted by Gasteiger charge is -2.38. The number of ether oxygens (including phenoxy) is 1. The van der Waals surface area contributed by atoms with Crippen LogP contribution in [0, 0.1) is 5.92 Å². The summed E-state index contributed by atoms with van der Waals surface area (Å²) in [6.07, 6.45) is 2.63. The minimum absolute atomic E-state index is 0.161. The molecule has 2 aliphatic rings. The summed E-state index contributed by atoms with van der Waals surface area (Å²) in [6.45, 7) is 6.64. The van der Waals surface area contributed by atoms with Crippen LogP contribution in [0.4, 0.5) is 0 Å². The standard InChI is InChI=1S/C14H28BN3O3/c1-15(20)17-6-3-12(4-7-17)9-14(19)18-8-5-16-10-13(18)11-21-2/h12-13,16,20H,3-11H2,1-2H3/t13-/m1/s1. The van der Waals surface area contributed by atoms with Crippen LogP contribution in [0.1, 0.15) is 19.3 Å². The SMILES string of the molecule is COC[C@H]1CNCCN1C(=O)CC1CCN(B(C)O)CC1. The van der Waals surface area contributed by atoms with E-state index in [1.165, 1.54) is 0 Å². The van der Waals surface area contributed by atoms with Gasteiger partial charge in [0.25, 0.3) is 0 Å². The topological polar surface area (TPSA) is 65.0 Å². The summed E-state index contributed by atoms with van der Waals surface area (Å²) in [5.74, 6) is 0.708. The fraction of sp³-hybridized carbons (Fsp3) is 0.929. The third-order valence-electron chi connectivity index (χ3n) is 4.67. The van der Waals surface area contributed by atoms with E-state index < -0.39 is 0 Å². The molecule has 0 unspecified atom stereocenters. The largest absolute Gasteiger partial charge is 0.437 e. The van der Waals surface area contributed by atoms with Gasteiger partial charge in [-0.25, -0.2) is 0 Å². The van der Waals surface area contributed by atoms with Crippen LogP contribution in [0.5, 0.6) is 0 Å². The van der Waals surface area contributed by atoms with Crippen LogP contribution in [-0.4, -0.2) is 80.2 Å². The molecule has 2 saturated heterocycles. The van der Waals surface area contributed by atoms with Crippen LogP contribution in [0.25, 0.3) is 0 Å². The van der Waals surface area contributed by atoms with Crippen molar-refractivity contribution in [2.75, 3.05) is 46.4 Å².